The van der Waals surface area contributed by atoms with E-state index in [2.05, 4.69) is 386 Å². The Bertz CT molecular complexity index is 5970. The summed E-state index contributed by atoms with van der Waals surface area (Å²) in [5.74, 6) is 0. The molecule has 2 nitrogen and oxygen atoms in total. The van der Waals surface area contributed by atoms with Crippen molar-refractivity contribution in [2.75, 3.05) is 9.80 Å². The number of anilines is 6. The normalized spacial score (nSPS) is 11.5. The van der Waals surface area contributed by atoms with Crippen molar-refractivity contribution in [2.45, 2.75) is 0 Å². The molecule has 0 amide bonds. The van der Waals surface area contributed by atoms with E-state index in [1.165, 1.54) is 124 Å². The summed E-state index contributed by atoms with van der Waals surface area (Å²) in [6.07, 6.45) is 0. The zero-order valence-corrected chi connectivity index (χ0v) is 53.9. The topological polar surface area (TPSA) is 6.48 Å². The molecular weight excluding hydrogens is 1190 g/mol. The van der Waals surface area contributed by atoms with E-state index in [0.29, 0.717) is 0 Å². The first-order chi connectivity index (χ1) is 48.1. The third-order valence-corrected chi connectivity index (χ3v) is 20.7. The van der Waals surface area contributed by atoms with Crippen LogP contribution >= 0.6 is 11.3 Å². The molecular formula is C94H62N2S. The number of rotatable bonds is 13. The fourth-order valence-electron chi connectivity index (χ4n) is 14.6. The van der Waals surface area contributed by atoms with E-state index in [1.807, 2.05) is 11.3 Å². The van der Waals surface area contributed by atoms with Gasteiger partial charge in [0.25, 0.3) is 0 Å². The highest BCUT2D eigenvalue weighted by atomic mass is 32.1. The molecule has 0 bridgehead atoms. The van der Waals surface area contributed by atoms with Crippen LogP contribution in [-0.4, -0.2) is 0 Å². The molecule has 0 saturated carbocycles. The van der Waals surface area contributed by atoms with Crippen LogP contribution < -0.4 is 9.80 Å². The van der Waals surface area contributed by atoms with E-state index in [1.54, 1.807) is 0 Å². The lowest BCUT2D eigenvalue weighted by Crippen LogP contribution is -2.11. The number of fused-ring (bicyclic) bond motifs is 7. The SMILES string of the molecule is c1ccc(-c2ccc3ccc(-c4ccc(N(c5cccc6ccccc56)c5cccc6c(-c7cccc(-c8ccc(N(c9ccc(-c%10ccc%11ccc(-c%12ccccc%12)cc%11c%10)cc9)c9cccc%10c9sc9c(-c%11ccccc%11)cccc9%10)cc8)c7)cccc56)cc4)cc3c2)cc1. The van der Waals surface area contributed by atoms with Gasteiger partial charge >= 0.3 is 0 Å². The molecule has 0 atom stereocenters. The minimum atomic E-state index is 1.08. The average Bonchev–Trinajstić information content (AvgIpc) is 1.74. The van der Waals surface area contributed by atoms with Gasteiger partial charge in [0.05, 0.1) is 21.8 Å². The van der Waals surface area contributed by atoms with Gasteiger partial charge in [-0.1, -0.05) is 291 Å². The van der Waals surface area contributed by atoms with E-state index in [4.69, 9.17) is 0 Å². The molecule has 0 aliphatic carbocycles. The van der Waals surface area contributed by atoms with Crippen molar-refractivity contribution >= 4 is 109 Å². The van der Waals surface area contributed by atoms with Crippen molar-refractivity contribution in [3.05, 3.63) is 376 Å². The number of benzene rings is 17. The van der Waals surface area contributed by atoms with Gasteiger partial charge in [-0.2, -0.15) is 0 Å². The number of hydrogen-bond acceptors (Lipinski definition) is 3. The lowest BCUT2D eigenvalue weighted by Gasteiger charge is -2.28. The molecule has 3 heteroatoms. The van der Waals surface area contributed by atoms with Crippen molar-refractivity contribution in [1.29, 1.82) is 0 Å². The molecule has 454 valence electrons. The maximum Gasteiger partial charge on any atom is 0.0640 e. The van der Waals surface area contributed by atoms with E-state index in [-0.39, 0.29) is 0 Å². The second-order valence-corrected chi connectivity index (χ2v) is 26.2. The Balaban J connectivity index is 0.701. The standard InChI is InChI=1S/C94H62N2S/c1-4-18-63(19-5-1)73-42-38-68-40-44-75(61-78(68)59-73)66-48-54-81(55-49-66)95(92-37-17-34-89-88-33-15-30-85(93(88)97-94(89)92)71-22-8-3-9-23-71)80-52-46-65(47-53-80)72-26-12-27-77(58-72)83-29-14-32-87-86(83)31-16-36-91(87)96(90-35-13-25-70-24-10-11-28-84(70)90)82-56-50-67(51-57-82)76-45-41-69-39-43-74(60-79(69)62-76)64-20-6-2-7-21-64/h1-62H. The quantitative estimate of drug-likeness (QED) is 0.114. The van der Waals surface area contributed by atoms with Crippen LogP contribution in [0.3, 0.4) is 0 Å². The Hall–Kier alpha value is -12.4. The summed E-state index contributed by atoms with van der Waals surface area (Å²) in [7, 11) is 0. The van der Waals surface area contributed by atoms with E-state index < -0.39 is 0 Å². The van der Waals surface area contributed by atoms with Crippen LogP contribution in [0.2, 0.25) is 0 Å². The van der Waals surface area contributed by atoms with Gasteiger partial charge in [0.1, 0.15) is 0 Å². The van der Waals surface area contributed by atoms with E-state index in [0.717, 1.165) is 50.8 Å². The van der Waals surface area contributed by atoms with Crippen molar-refractivity contribution in [3.8, 4) is 77.9 Å². The van der Waals surface area contributed by atoms with Crippen LogP contribution in [-0.2, 0) is 0 Å². The summed E-state index contributed by atoms with van der Waals surface area (Å²) in [6.45, 7) is 0. The lowest BCUT2D eigenvalue weighted by atomic mass is 9.94. The van der Waals surface area contributed by atoms with Gasteiger partial charge < -0.3 is 9.80 Å². The first-order valence-electron chi connectivity index (χ1n) is 33.3. The Morgan fingerprint density at radius 3 is 1.07 bits per heavy atom. The van der Waals surface area contributed by atoms with Gasteiger partial charge in [0.15, 0.2) is 0 Å². The second-order valence-electron chi connectivity index (χ2n) is 25.2. The molecule has 0 fully saturated rings. The molecule has 0 aliphatic heterocycles. The zero-order valence-electron chi connectivity index (χ0n) is 53.1. The maximum atomic E-state index is 2.45. The van der Waals surface area contributed by atoms with Gasteiger partial charge in [-0.05, 0) is 195 Å². The smallest absolute Gasteiger partial charge is 0.0640 e. The number of hydrogen-bond donors (Lipinski definition) is 0. The Labute approximate surface area is 568 Å². The van der Waals surface area contributed by atoms with Crippen molar-refractivity contribution in [1.82, 2.24) is 0 Å². The van der Waals surface area contributed by atoms with E-state index in [9.17, 15) is 0 Å². The van der Waals surface area contributed by atoms with Crippen LogP contribution in [0.1, 0.15) is 0 Å². The highest BCUT2D eigenvalue weighted by molar-refractivity contribution is 7.27. The fourth-order valence-corrected chi connectivity index (χ4v) is 15.9. The predicted molar refractivity (Wildman–Crippen MR) is 417 cm³/mol. The van der Waals surface area contributed by atoms with Gasteiger partial charge in [-0.25, -0.2) is 0 Å². The highest BCUT2D eigenvalue weighted by Gasteiger charge is 2.23. The molecule has 0 unspecified atom stereocenters. The molecule has 1 heterocycles. The van der Waals surface area contributed by atoms with Crippen LogP contribution in [0.25, 0.3) is 141 Å². The van der Waals surface area contributed by atoms with Crippen molar-refractivity contribution < 1.29 is 0 Å². The summed E-state index contributed by atoms with van der Waals surface area (Å²) in [4.78, 5) is 4.90. The summed E-state index contributed by atoms with van der Waals surface area (Å²) in [5.41, 5.74) is 23.3. The van der Waals surface area contributed by atoms with Crippen molar-refractivity contribution in [2.24, 2.45) is 0 Å². The average molecular weight is 1250 g/mol. The third kappa shape index (κ3) is 10.7. The monoisotopic (exact) mass is 1250 g/mol. The Kier molecular flexibility index (Phi) is 14.5. The zero-order chi connectivity index (χ0) is 64.2. The largest absolute Gasteiger partial charge is 0.309 e. The number of thiophene rings is 1. The minimum absolute atomic E-state index is 1.08. The molecule has 0 saturated heterocycles. The molecule has 18 rings (SSSR count). The molecule has 1 aromatic heterocycles. The molecule has 0 N–H and O–H groups in total. The van der Waals surface area contributed by atoms with E-state index >= 15 is 0 Å². The Morgan fingerprint density at radius 1 is 0.165 bits per heavy atom. The molecule has 0 spiro atoms. The summed E-state index contributed by atoms with van der Waals surface area (Å²) < 4.78 is 2.54. The lowest BCUT2D eigenvalue weighted by molar-refractivity contribution is 1.30. The highest BCUT2D eigenvalue weighted by Crippen LogP contribution is 2.49. The summed E-state index contributed by atoms with van der Waals surface area (Å²) >= 11 is 1.88. The van der Waals surface area contributed by atoms with Gasteiger partial charge in [0, 0.05) is 43.3 Å². The van der Waals surface area contributed by atoms with Gasteiger partial charge in [-0.15, -0.1) is 11.3 Å². The third-order valence-electron chi connectivity index (χ3n) is 19.4. The minimum Gasteiger partial charge on any atom is -0.309 e. The first kappa shape index (κ1) is 57.3. The van der Waals surface area contributed by atoms with Crippen molar-refractivity contribution in [3.63, 3.8) is 0 Å². The van der Waals surface area contributed by atoms with Crippen LogP contribution in [0, 0.1) is 0 Å². The first-order valence-corrected chi connectivity index (χ1v) is 34.1. The van der Waals surface area contributed by atoms with Gasteiger partial charge in [-0.3, -0.25) is 0 Å². The molecule has 18 aromatic rings. The maximum absolute atomic E-state index is 2.45. The fraction of sp³-hybridized carbons (Fsp3) is 0. The summed E-state index contributed by atoms with van der Waals surface area (Å²) in [6, 6.07) is 138. The molecule has 97 heavy (non-hydrogen) atoms. The second kappa shape index (κ2) is 24.5. The predicted octanol–water partition coefficient (Wildman–Crippen LogP) is 27.3. The summed E-state index contributed by atoms with van der Waals surface area (Å²) in [5, 5.41) is 12.2. The Morgan fingerprint density at radius 2 is 0.515 bits per heavy atom. The molecule has 17 aromatic carbocycles. The number of nitrogens with zero attached hydrogens (tertiary/aromatic N) is 2. The molecule has 0 radical (unpaired) electrons. The van der Waals surface area contributed by atoms with Crippen LogP contribution in [0.5, 0.6) is 0 Å². The van der Waals surface area contributed by atoms with Gasteiger partial charge in [0.2, 0.25) is 0 Å². The van der Waals surface area contributed by atoms with Crippen LogP contribution in [0.15, 0.2) is 376 Å². The molecule has 0 aliphatic rings. The van der Waals surface area contributed by atoms with Crippen LogP contribution in [0.4, 0.5) is 34.1 Å².